The topological polar surface area (TPSA) is 69.4 Å². The van der Waals surface area contributed by atoms with Crippen LogP contribution in [0.2, 0.25) is 0 Å². The lowest BCUT2D eigenvalue weighted by atomic mass is 10.1. The van der Waals surface area contributed by atoms with E-state index < -0.39 is 5.91 Å². The van der Waals surface area contributed by atoms with E-state index in [2.05, 4.69) is 19.1 Å². The van der Waals surface area contributed by atoms with E-state index in [9.17, 15) is 9.59 Å². The molecule has 25 heavy (non-hydrogen) atoms. The first-order valence-electron chi connectivity index (χ1n) is 10.3. The van der Waals surface area contributed by atoms with Crippen molar-refractivity contribution in [1.82, 2.24) is 0 Å². The number of allylic oxidation sites excluding steroid dienone is 2. The molecule has 0 aromatic heterocycles. The summed E-state index contributed by atoms with van der Waals surface area (Å²) in [6.45, 7) is 2.37. The number of rotatable bonds is 18. The van der Waals surface area contributed by atoms with E-state index in [0.717, 1.165) is 12.8 Å². The molecule has 0 saturated heterocycles. The minimum absolute atomic E-state index is 0.109. The highest BCUT2D eigenvalue weighted by molar-refractivity contribution is 5.74. The van der Waals surface area contributed by atoms with Crippen LogP contribution in [0.5, 0.6) is 0 Å². The summed E-state index contributed by atoms with van der Waals surface area (Å²) in [4.78, 5) is 21.9. The highest BCUT2D eigenvalue weighted by atomic mass is 16.5. The Morgan fingerprint density at radius 1 is 0.760 bits per heavy atom. The molecular formula is C21H39NO3. The van der Waals surface area contributed by atoms with Crippen molar-refractivity contribution in [2.24, 2.45) is 5.73 Å². The van der Waals surface area contributed by atoms with E-state index in [1.165, 1.54) is 70.6 Å². The third-order valence-electron chi connectivity index (χ3n) is 4.25. The van der Waals surface area contributed by atoms with Crippen LogP contribution in [0.15, 0.2) is 12.2 Å². The number of hydrogen-bond donors (Lipinski definition) is 1. The van der Waals surface area contributed by atoms with E-state index in [0.29, 0.717) is 6.42 Å². The van der Waals surface area contributed by atoms with Crippen LogP contribution in [-0.4, -0.2) is 18.5 Å². The third kappa shape index (κ3) is 20.6. The zero-order chi connectivity index (χ0) is 18.6. The van der Waals surface area contributed by atoms with Gasteiger partial charge in [0.05, 0.1) is 6.42 Å². The zero-order valence-corrected chi connectivity index (χ0v) is 16.3. The summed E-state index contributed by atoms with van der Waals surface area (Å²) in [6.07, 6.45) is 21.3. The monoisotopic (exact) mass is 353 g/mol. The lowest BCUT2D eigenvalue weighted by Gasteiger charge is -2.03. The summed E-state index contributed by atoms with van der Waals surface area (Å²) in [5, 5.41) is 0. The van der Waals surface area contributed by atoms with Crippen LogP contribution in [0.3, 0.4) is 0 Å². The average Bonchev–Trinajstić information content (AvgIpc) is 2.58. The molecule has 2 N–H and O–H groups in total. The van der Waals surface area contributed by atoms with Gasteiger partial charge in [-0.15, -0.1) is 0 Å². The number of amides is 1. The Morgan fingerprint density at radius 3 is 1.84 bits per heavy atom. The van der Waals surface area contributed by atoms with Crippen LogP contribution < -0.4 is 5.73 Å². The second kappa shape index (κ2) is 19.0. The molecule has 0 fully saturated rings. The molecule has 0 heterocycles. The van der Waals surface area contributed by atoms with Gasteiger partial charge in [0.25, 0.3) is 0 Å². The van der Waals surface area contributed by atoms with E-state index >= 15 is 0 Å². The van der Waals surface area contributed by atoms with Gasteiger partial charge in [0.2, 0.25) is 5.91 Å². The SMILES string of the molecule is CCCCCCCCC=CCCCCCCCC(=O)OCCC(N)=O. The average molecular weight is 354 g/mol. The van der Waals surface area contributed by atoms with Crippen molar-refractivity contribution in [3.8, 4) is 0 Å². The molecule has 0 aliphatic rings. The molecule has 4 heteroatoms. The van der Waals surface area contributed by atoms with Gasteiger partial charge in [-0.25, -0.2) is 0 Å². The van der Waals surface area contributed by atoms with Gasteiger partial charge in [0, 0.05) is 6.42 Å². The molecule has 0 unspecified atom stereocenters. The largest absolute Gasteiger partial charge is 0.465 e. The molecular weight excluding hydrogens is 314 g/mol. The number of carbonyl (C=O) groups excluding carboxylic acids is 2. The van der Waals surface area contributed by atoms with Gasteiger partial charge < -0.3 is 10.5 Å². The summed E-state index contributed by atoms with van der Waals surface area (Å²) in [5.41, 5.74) is 4.98. The van der Waals surface area contributed by atoms with Crippen molar-refractivity contribution in [3.63, 3.8) is 0 Å². The predicted molar refractivity (Wildman–Crippen MR) is 104 cm³/mol. The highest BCUT2D eigenvalue weighted by Crippen LogP contribution is 2.10. The Kier molecular flexibility index (Phi) is 18.0. The Morgan fingerprint density at radius 2 is 1.28 bits per heavy atom. The van der Waals surface area contributed by atoms with E-state index in [-0.39, 0.29) is 19.0 Å². The van der Waals surface area contributed by atoms with Gasteiger partial charge in [-0.2, -0.15) is 0 Å². The second-order valence-corrected chi connectivity index (χ2v) is 6.77. The van der Waals surface area contributed by atoms with Crippen LogP contribution in [0.4, 0.5) is 0 Å². The van der Waals surface area contributed by atoms with Crippen LogP contribution >= 0.6 is 0 Å². The number of nitrogens with two attached hydrogens (primary N) is 1. The first kappa shape index (κ1) is 23.7. The van der Waals surface area contributed by atoms with Crippen molar-refractivity contribution < 1.29 is 14.3 Å². The molecule has 0 spiro atoms. The van der Waals surface area contributed by atoms with E-state index in [1.54, 1.807) is 0 Å². The van der Waals surface area contributed by atoms with Crippen molar-refractivity contribution in [3.05, 3.63) is 12.2 Å². The minimum Gasteiger partial charge on any atom is -0.465 e. The number of carbonyl (C=O) groups is 2. The quantitative estimate of drug-likeness (QED) is 0.202. The van der Waals surface area contributed by atoms with Gasteiger partial charge >= 0.3 is 5.97 Å². The summed E-state index contributed by atoms with van der Waals surface area (Å²) < 4.78 is 4.92. The Hall–Kier alpha value is -1.32. The molecule has 0 aromatic carbocycles. The molecule has 0 saturated carbocycles. The smallest absolute Gasteiger partial charge is 0.305 e. The number of hydrogen-bond acceptors (Lipinski definition) is 3. The number of primary amides is 1. The molecule has 0 atom stereocenters. The molecule has 0 rings (SSSR count). The minimum atomic E-state index is -0.436. The number of esters is 1. The zero-order valence-electron chi connectivity index (χ0n) is 16.3. The fraction of sp³-hybridized carbons (Fsp3) is 0.810. The molecule has 0 aliphatic heterocycles. The lowest BCUT2D eigenvalue weighted by molar-refractivity contribution is -0.144. The van der Waals surface area contributed by atoms with Crippen molar-refractivity contribution in [2.45, 2.75) is 103 Å². The standard InChI is InChI=1S/C21H39NO3/c1-2-3-4-5-6-7-8-9-10-11-12-13-14-15-16-17-21(24)25-19-18-20(22)23/h9-10H,2-8,11-19H2,1H3,(H2,22,23). The molecule has 0 radical (unpaired) electrons. The Balaban J connectivity index is 3.21. The summed E-state index contributed by atoms with van der Waals surface area (Å²) in [6, 6.07) is 0. The van der Waals surface area contributed by atoms with Gasteiger partial charge in [-0.3, -0.25) is 9.59 Å². The molecule has 0 aliphatic carbocycles. The molecule has 0 bridgehead atoms. The van der Waals surface area contributed by atoms with Gasteiger partial charge in [-0.1, -0.05) is 70.4 Å². The Bertz CT molecular complexity index is 353. The van der Waals surface area contributed by atoms with Crippen molar-refractivity contribution in [2.75, 3.05) is 6.61 Å². The maximum atomic E-state index is 11.4. The van der Waals surface area contributed by atoms with Crippen LogP contribution in [0.25, 0.3) is 0 Å². The molecule has 0 aromatic rings. The predicted octanol–water partition coefficient (Wildman–Crippen LogP) is 5.44. The summed E-state index contributed by atoms with van der Waals surface area (Å²) in [5.74, 6) is -0.660. The fourth-order valence-corrected chi connectivity index (χ4v) is 2.68. The number of ether oxygens (including phenoxy) is 1. The normalized spacial score (nSPS) is 11.1. The van der Waals surface area contributed by atoms with Crippen LogP contribution in [0, 0.1) is 0 Å². The first-order chi connectivity index (χ1) is 12.2. The van der Waals surface area contributed by atoms with Gasteiger partial charge in [0.1, 0.15) is 6.61 Å². The molecule has 146 valence electrons. The van der Waals surface area contributed by atoms with Crippen molar-refractivity contribution in [1.29, 1.82) is 0 Å². The highest BCUT2D eigenvalue weighted by Gasteiger charge is 2.03. The van der Waals surface area contributed by atoms with E-state index in [4.69, 9.17) is 10.5 Å². The van der Waals surface area contributed by atoms with Gasteiger partial charge in [-0.05, 0) is 32.1 Å². The first-order valence-corrected chi connectivity index (χ1v) is 10.3. The summed E-state index contributed by atoms with van der Waals surface area (Å²) in [7, 11) is 0. The van der Waals surface area contributed by atoms with Crippen LogP contribution in [-0.2, 0) is 14.3 Å². The molecule has 4 nitrogen and oxygen atoms in total. The Labute approximate surface area is 154 Å². The van der Waals surface area contributed by atoms with Crippen molar-refractivity contribution >= 4 is 11.9 Å². The summed E-state index contributed by atoms with van der Waals surface area (Å²) >= 11 is 0. The third-order valence-corrected chi connectivity index (χ3v) is 4.25. The maximum absolute atomic E-state index is 11.4. The second-order valence-electron chi connectivity index (χ2n) is 6.77. The lowest BCUT2D eigenvalue weighted by Crippen LogP contribution is -2.15. The number of unbranched alkanes of at least 4 members (excludes halogenated alkanes) is 11. The fourth-order valence-electron chi connectivity index (χ4n) is 2.68. The van der Waals surface area contributed by atoms with Gasteiger partial charge in [0.15, 0.2) is 0 Å². The van der Waals surface area contributed by atoms with E-state index in [1.807, 2.05) is 0 Å². The maximum Gasteiger partial charge on any atom is 0.305 e. The molecule has 1 amide bonds. The van der Waals surface area contributed by atoms with Crippen LogP contribution in [0.1, 0.15) is 103 Å².